The van der Waals surface area contributed by atoms with Crippen LogP contribution in [0.15, 0.2) is 12.4 Å². The molecule has 2 rings (SSSR count). The maximum absolute atomic E-state index is 5.36. The molecule has 1 fully saturated rings. The van der Waals surface area contributed by atoms with Gasteiger partial charge in [0.1, 0.15) is 5.82 Å². The van der Waals surface area contributed by atoms with Crippen LogP contribution in [0.5, 0.6) is 0 Å². The maximum Gasteiger partial charge on any atom is 0.110 e. The minimum absolute atomic E-state index is 0.661. The van der Waals surface area contributed by atoms with Crippen LogP contribution in [0, 0.1) is 0 Å². The number of hydrogen-bond donors (Lipinski definition) is 1. The van der Waals surface area contributed by atoms with Crippen LogP contribution in [0.2, 0.25) is 0 Å². The van der Waals surface area contributed by atoms with E-state index in [4.69, 9.17) is 9.47 Å². The monoisotopic (exact) mass is 281 g/mol. The van der Waals surface area contributed by atoms with Crippen molar-refractivity contribution in [1.29, 1.82) is 0 Å². The molecule has 0 unspecified atom stereocenters. The minimum Gasteiger partial charge on any atom is -0.384 e. The molecular formula is C15H27N3O2. The van der Waals surface area contributed by atoms with E-state index >= 15 is 0 Å². The first-order valence-corrected chi connectivity index (χ1v) is 7.70. The molecule has 1 N–H and O–H groups in total. The van der Waals surface area contributed by atoms with Crippen molar-refractivity contribution >= 4 is 0 Å². The molecule has 5 nitrogen and oxygen atoms in total. The Morgan fingerprint density at radius 1 is 1.40 bits per heavy atom. The molecule has 0 aromatic carbocycles. The van der Waals surface area contributed by atoms with Crippen molar-refractivity contribution in [2.75, 3.05) is 33.5 Å². The molecule has 0 bridgehead atoms. The summed E-state index contributed by atoms with van der Waals surface area (Å²) in [7, 11) is 1.73. The first-order valence-electron chi connectivity index (χ1n) is 7.70. The van der Waals surface area contributed by atoms with Crippen LogP contribution in [0.25, 0.3) is 0 Å². The third kappa shape index (κ3) is 5.23. The van der Waals surface area contributed by atoms with E-state index < -0.39 is 0 Å². The molecule has 1 aromatic heterocycles. The number of ether oxygens (including phenoxy) is 2. The van der Waals surface area contributed by atoms with E-state index in [0.29, 0.717) is 6.04 Å². The Hall–Kier alpha value is -0.910. The Morgan fingerprint density at radius 2 is 2.25 bits per heavy atom. The average molecular weight is 281 g/mol. The second-order valence-corrected chi connectivity index (χ2v) is 5.33. The molecule has 1 aliphatic heterocycles. The summed E-state index contributed by atoms with van der Waals surface area (Å²) in [5, 5.41) is 3.63. The second kappa shape index (κ2) is 9.10. The van der Waals surface area contributed by atoms with Gasteiger partial charge in [0.05, 0.1) is 6.61 Å². The third-order valence-electron chi connectivity index (χ3n) is 3.81. The number of aromatic nitrogens is 2. The summed E-state index contributed by atoms with van der Waals surface area (Å²) in [5.74, 6) is 1.13. The topological polar surface area (TPSA) is 48.3 Å². The molecule has 0 amide bonds. The van der Waals surface area contributed by atoms with Gasteiger partial charge >= 0.3 is 0 Å². The molecule has 2 heterocycles. The third-order valence-corrected chi connectivity index (χ3v) is 3.81. The van der Waals surface area contributed by atoms with Gasteiger partial charge in [0.15, 0.2) is 0 Å². The Labute approximate surface area is 121 Å². The van der Waals surface area contributed by atoms with E-state index in [0.717, 1.165) is 58.0 Å². The normalized spacial score (nSPS) is 16.6. The van der Waals surface area contributed by atoms with E-state index in [9.17, 15) is 0 Å². The van der Waals surface area contributed by atoms with Gasteiger partial charge < -0.3 is 19.4 Å². The van der Waals surface area contributed by atoms with Gasteiger partial charge in [-0.2, -0.15) is 0 Å². The lowest BCUT2D eigenvalue weighted by Crippen LogP contribution is -2.35. The molecule has 0 atom stereocenters. The van der Waals surface area contributed by atoms with Gasteiger partial charge in [-0.1, -0.05) is 0 Å². The molecule has 114 valence electrons. The highest BCUT2D eigenvalue weighted by atomic mass is 16.5. The van der Waals surface area contributed by atoms with Crippen molar-refractivity contribution in [2.24, 2.45) is 0 Å². The van der Waals surface area contributed by atoms with Crippen LogP contribution in [0.3, 0.4) is 0 Å². The van der Waals surface area contributed by atoms with Crippen LogP contribution in [-0.2, 0) is 22.4 Å². The minimum atomic E-state index is 0.661. The van der Waals surface area contributed by atoms with E-state index in [2.05, 4.69) is 21.1 Å². The first-order chi connectivity index (χ1) is 9.90. The molecular weight excluding hydrogens is 254 g/mol. The largest absolute Gasteiger partial charge is 0.384 e. The second-order valence-electron chi connectivity index (χ2n) is 5.33. The van der Waals surface area contributed by atoms with Crippen LogP contribution in [0.1, 0.15) is 31.5 Å². The van der Waals surface area contributed by atoms with Crippen molar-refractivity contribution in [2.45, 2.75) is 44.7 Å². The lowest BCUT2D eigenvalue weighted by Gasteiger charge is -2.23. The predicted octanol–water partition coefficient (Wildman–Crippen LogP) is 1.62. The lowest BCUT2D eigenvalue weighted by atomic mass is 10.1. The highest BCUT2D eigenvalue weighted by molar-refractivity contribution is 4.92. The maximum atomic E-state index is 5.36. The van der Waals surface area contributed by atoms with Crippen molar-refractivity contribution < 1.29 is 9.47 Å². The SMILES string of the molecule is COCCc1nccn1CCCCNC1CCOCC1. The molecule has 1 aromatic rings. The van der Waals surface area contributed by atoms with E-state index in [1.807, 2.05) is 6.20 Å². The number of unbranched alkanes of at least 4 members (excludes halogenated alkanes) is 1. The van der Waals surface area contributed by atoms with Crippen LogP contribution >= 0.6 is 0 Å². The fourth-order valence-corrected chi connectivity index (χ4v) is 2.58. The Morgan fingerprint density at radius 3 is 3.05 bits per heavy atom. The molecule has 1 saturated heterocycles. The van der Waals surface area contributed by atoms with Crippen LogP contribution in [0.4, 0.5) is 0 Å². The molecule has 0 radical (unpaired) electrons. The number of nitrogens with zero attached hydrogens (tertiary/aromatic N) is 2. The van der Waals surface area contributed by atoms with Crippen molar-refractivity contribution in [1.82, 2.24) is 14.9 Å². The smallest absolute Gasteiger partial charge is 0.110 e. The molecule has 0 spiro atoms. The zero-order valence-electron chi connectivity index (χ0n) is 12.5. The fourth-order valence-electron chi connectivity index (χ4n) is 2.58. The summed E-state index contributed by atoms with van der Waals surface area (Å²) in [6.45, 7) is 4.72. The summed E-state index contributed by atoms with van der Waals surface area (Å²) in [6, 6.07) is 0.661. The Bertz CT molecular complexity index is 362. The van der Waals surface area contributed by atoms with E-state index in [1.165, 1.54) is 12.8 Å². The van der Waals surface area contributed by atoms with Crippen molar-refractivity contribution in [3.8, 4) is 0 Å². The van der Waals surface area contributed by atoms with Crippen molar-refractivity contribution in [3.05, 3.63) is 18.2 Å². The number of imidazole rings is 1. The van der Waals surface area contributed by atoms with E-state index in [-0.39, 0.29) is 0 Å². The molecule has 0 saturated carbocycles. The van der Waals surface area contributed by atoms with Gasteiger partial charge in [-0.15, -0.1) is 0 Å². The average Bonchev–Trinajstić information content (AvgIpc) is 2.93. The predicted molar refractivity (Wildman–Crippen MR) is 78.9 cm³/mol. The fraction of sp³-hybridized carbons (Fsp3) is 0.800. The number of nitrogens with one attached hydrogen (secondary N) is 1. The standard InChI is InChI=1S/C15H27N3O2/c1-19-11-6-15-17-8-10-18(15)9-3-2-7-16-14-4-12-20-13-5-14/h8,10,14,16H,2-7,9,11-13H2,1H3. The zero-order valence-corrected chi connectivity index (χ0v) is 12.5. The van der Waals surface area contributed by atoms with Crippen LogP contribution < -0.4 is 5.32 Å². The highest BCUT2D eigenvalue weighted by Gasteiger charge is 2.12. The summed E-state index contributed by atoms with van der Waals surface area (Å²) < 4.78 is 12.7. The van der Waals surface area contributed by atoms with Crippen molar-refractivity contribution in [3.63, 3.8) is 0 Å². The summed E-state index contributed by atoms with van der Waals surface area (Å²) in [4.78, 5) is 4.38. The molecule has 0 aliphatic carbocycles. The van der Waals surface area contributed by atoms with Gasteiger partial charge in [-0.3, -0.25) is 0 Å². The number of rotatable bonds is 9. The van der Waals surface area contributed by atoms with E-state index in [1.54, 1.807) is 7.11 Å². The van der Waals surface area contributed by atoms with Gasteiger partial charge in [0.2, 0.25) is 0 Å². The van der Waals surface area contributed by atoms with Gasteiger partial charge in [-0.05, 0) is 32.2 Å². The molecule has 5 heteroatoms. The number of aryl methyl sites for hydroxylation is 1. The van der Waals surface area contributed by atoms with Gasteiger partial charge in [0.25, 0.3) is 0 Å². The molecule has 20 heavy (non-hydrogen) atoms. The Balaban J connectivity index is 1.57. The Kier molecular flexibility index (Phi) is 7.05. The van der Waals surface area contributed by atoms with Gasteiger partial charge in [0, 0.05) is 51.7 Å². The quantitative estimate of drug-likeness (QED) is 0.699. The van der Waals surface area contributed by atoms with Gasteiger partial charge in [-0.25, -0.2) is 4.98 Å². The zero-order chi connectivity index (χ0) is 14.0. The number of hydrogen-bond acceptors (Lipinski definition) is 4. The summed E-state index contributed by atoms with van der Waals surface area (Å²) in [5.41, 5.74) is 0. The highest BCUT2D eigenvalue weighted by Crippen LogP contribution is 2.07. The number of methoxy groups -OCH3 is 1. The lowest BCUT2D eigenvalue weighted by molar-refractivity contribution is 0.0780. The summed E-state index contributed by atoms with van der Waals surface area (Å²) in [6.07, 6.45) is 9.54. The molecule has 1 aliphatic rings. The summed E-state index contributed by atoms with van der Waals surface area (Å²) >= 11 is 0. The van der Waals surface area contributed by atoms with Crippen LogP contribution in [-0.4, -0.2) is 49.1 Å². The first kappa shape index (κ1) is 15.5.